The predicted octanol–water partition coefficient (Wildman–Crippen LogP) is 11.7. The average Bonchev–Trinajstić information content (AvgIpc) is 3.59. The Labute approximate surface area is 325 Å². The highest BCUT2D eigenvalue weighted by atomic mass is 15.2. The van der Waals surface area contributed by atoms with E-state index in [2.05, 4.69) is 210 Å². The van der Waals surface area contributed by atoms with Gasteiger partial charge in [-0.05, 0) is 91.0 Å². The molecule has 0 radical (unpaired) electrons. The van der Waals surface area contributed by atoms with Crippen LogP contribution in [-0.2, 0) is 5.41 Å². The largest absolute Gasteiger partial charge is 0.375 e. The Balaban J connectivity index is 1.24. The standard InChI is InChI=1S/C53H33BN2/c1-4-16-34(17-5-1)37-31-43-41-25-14-24-40-42-30-35-18-10-11-19-36(35)32-48(42)56(51(40)41)54-46-28-15-27-45-52(46)55(49(33-37)50(43)54)47-29-13-12-26-44(47)53(45,38-20-6-2-7-21-38)39-22-8-3-9-23-39/h1-33H. The van der Waals surface area contributed by atoms with E-state index in [1.165, 1.54) is 105 Å². The summed E-state index contributed by atoms with van der Waals surface area (Å²) in [6, 6.07) is 75.2. The molecule has 0 N–H and O–H groups in total. The topological polar surface area (TPSA) is 8.17 Å². The Hall–Kier alpha value is -7.10. The summed E-state index contributed by atoms with van der Waals surface area (Å²) >= 11 is 0. The number of aromatic nitrogens is 1. The summed E-state index contributed by atoms with van der Waals surface area (Å²) in [6.07, 6.45) is 0. The molecule has 0 unspecified atom stereocenters. The maximum Gasteiger partial charge on any atom is 0.333 e. The molecule has 0 spiro atoms. The SMILES string of the molecule is c1ccc(-c2cc3c4c(c2)N2c5ccccc5C(c5ccccc5)(c5ccccc5)c5cccc(c52)B4n2c4cc5ccccc5cc4c4cccc-3c42)cc1. The molecule has 0 saturated carbocycles. The van der Waals surface area contributed by atoms with Crippen LogP contribution in [0.15, 0.2) is 200 Å². The van der Waals surface area contributed by atoms with E-state index >= 15 is 0 Å². The normalized spacial score (nSPS) is 14.1. The molecule has 0 aliphatic carbocycles. The first kappa shape index (κ1) is 30.3. The van der Waals surface area contributed by atoms with Crippen LogP contribution < -0.4 is 15.8 Å². The molecule has 258 valence electrons. The van der Waals surface area contributed by atoms with Crippen LogP contribution in [0.4, 0.5) is 17.1 Å². The van der Waals surface area contributed by atoms with Crippen molar-refractivity contribution in [1.29, 1.82) is 0 Å². The molecule has 0 atom stereocenters. The van der Waals surface area contributed by atoms with Gasteiger partial charge in [0.05, 0.1) is 11.1 Å². The van der Waals surface area contributed by atoms with E-state index < -0.39 is 5.41 Å². The predicted molar refractivity (Wildman–Crippen MR) is 235 cm³/mol. The Kier molecular flexibility index (Phi) is 5.94. The minimum Gasteiger partial charge on any atom is -0.375 e. The maximum atomic E-state index is 2.70. The van der Waals surface area contributed by atoms with Crippen LogP contribution in [0.1, 0.15) is 22.3 Å². The summed E-state index contributed by atoms with van der Waals surface area (Å²) in [5.41, 5.74) is 18.7. The number of anilines is 3. The first-order valence-electron chi connectivity index (χ1n) is 19.6. The molecule has 3 aliphatic heterocycles. The Morgan fingerprint density at radius 2 is 1.07 bits per heavy atom. The molecule has 1 aromatic heterocycles. The Bertz CT molecular complexity index is 3220. The Morgan fingerprint density at radius 1 is 0.429 bits per heavy atom. The molecule has 0 amide bonds. The van der Waals surface area contributed by atoms with Gasteiger partial charge in [-0.2, -0.15) is 0 Å². The van der Waals surface area contributed by atoms with Crippen LogP contribution in [0.2, 0.25) is 0 Å². The van der Waals surface area contributed by atoms with Crippen molar-refractivity contribution in [1.82, 2.24) is 4.48 Å². The van der Waals surface area contributed by atoms with E-state index in [0.717, 1.165) is 0 Å². The fourth-order valence-electron chi connectivity index (χ4n) is 10.8. The third-order valence-electron chi connectivity index (χ3n) is 13.0. The third-order valence-corrected chi connectivity index (χ3v) is 13.0. The highest BCUT2D eigenvalue weighted by Crippen LogP contribution is 2.59. The highest BCUT2D eigenvalue weighted by Gasteiger charge is 2.52. The number of hydrogen-bond donors (Lipinski definition) is 0. The van der Waals surface area contributed by atoms with Gasteiger partial charge in [0.25, 0.3) is 0 Å². The fraction of sp³-hybridized carbons (Fsp3) is 0.0189. The van der Waals surface area contributed by atoms with E-state index in [1.807, 2.05) is 0 Å². The third kappa shape index (κ3) is 3.72. The molecule has 9 aromatic carbocycles. The second-order valence-electron chi connectivity index (χ2n) is 15.6. The van der Waals surface area contributed by atoms with Crippen molar-refractivity contribution in [3.63, 3.8) is 0 Å². The quantitative estimate of drug-likeness (QED) is 0.166. The van der Waals surface area contributed by atoms with E-state index in [0.29, 0.717) is 0 Å². The van der Waals surface area contributed by atoms with E-state index in [4.69, 9.17) is 0 Å². The van der Waals surface area contributed by atoms with Gasteiger partial charge in [-0.25, -0.2) is 0 Å². The number of nitrogens with zero attached hydrogens (tertiary/aromatic N) is 2. The molecule has 10 aromatic rings. The molecule has 13 rings (SSSR count). The number of hydrogen-bond acceptors (Lipinski definition) is 1. The van der Waals surface area contributed by atoms with Crippen molar-refractivity contribution in [2.45, 2.75) is 5.41 Å². The average molecular weight is 709 g/mol. The second-order valence-corrected chi connectivity index (χ2v) is 15.6. The van der Waals surface area contributed by atoms with Crippen molar-refractivity contribution in [3.05, 3.63) is 222 Å². The lowest BCUT2D eigenvalue weighted by molar-refractivity contribution is 0.732. The van der Waals surface area contributed by atoms with Crippen LogP contribution in [0.25, 0.3) is 54.8 Å². The molecule has 4 heterocycles. The molecular formula is C53H33BN2. The lowest BCUT2D eigenvalue weighted by Crippen LogP contribution is -2.58. The summed E-state index contributed by atoms with van der Waals surface area (Å²) in [6.45, 7) is -0.0402. The van der Waals surface area contributed by atoms with Gasteiger partial charge in [0, 0.05) is 38.7 Å². The zero-order chi connectivity index (χ0) is 36.5. The van der Waals surface area contributed by atoms with Crippen molar-refractivity contribution in [2.75, 3.05) is 4.90 Å². The van der Waals surface area contributed by atoms with Crippen LogP contribution in [0.3, 0.4) is 0 Å². The first-order valence-corrected chi connectivity index (χ1v) is 19.6. The van der Waals surface area contributed by atoms with Gasteiger partial charge >= 0.3 is 6.85 Å². The zero-order valence-corrected chi connectivity index (χ0v) is 30.5. The number of para-hydroxylation sites is 3. The molecule has 0 bridgehead atoms. The Morgan fingerprint density at radius 3 is 1.84 bits per heavy atom. The summed E-state index contributed by atoms with van der Waals surface area (Å²) in [7, 11) is 0. The summed E-state index contributed by atoms with van der Waals surface area (Å²) in [5, 5.41) is 5.15. The van der Waals surface area contributed by atoms with E-state index in [1.54, 1.807) is 0 Å². The van der Waals surface area contributed by atoms with Gasteiger partial charge in [0.1, 0.15) is 0 Å². The number of fused-ring (bicyclic) bond motifs is 10. The minimum absolute atomic E-state index is 0.0402. The molecule has 3 heteroatoms. The van der Waals surface area contributed by atoms with Gasteiger partial charge in [-0.1, -0.05) is 170 Å². The summed E-state index contributed by atoms with van der Waals surface area (Å²) in [4.78, 5) is 2.62. The smallest absolute Gasteiger partial charge is 0.333 e. The number of benzene rings is 9. The number of rotatable bonds is 3. The van der Waals surface area contributed by atoms with Crippen molar-refractivity contribution in [2.24, 2.45) is 0 Å². The van der Waals surface area contributed by atoms with Crippen molar-refractivity contribution < 1.29 is 0 Å². The maximum absolute atomic E-state index is 2.70. The van der Waals surface area contributed by atoms with E-state index in [-0.39, 0.29) is 6.85 Å². The summed E-state index contributed by atoms with van der Waals surface area (Å²) in [5.74, 6) is 0. The zero-order valence-electron chi connectivity index (χ0n) is 30.5. The molecule has 3 aliphatic rings. The van der Waals surface area contributed by atoms with Gasteiger partial charge in [0.15, 0.2) is 0 Å². The van der Waals surface area contributed by atoms with E-state index in [9.17, 15) is 0 Å². The molecule has 0 saturated heterocycles. The fourth-order valence-corrected chi connectivity index (χ4v) is 10.8. The minimum atomic E-state index is -0.546. The molecule has 56 heavy (non-hydrogen) atoms. The molecule has 2 nitrogen and oxygen atoms in total. The van der Waals surface area contributed by atoms with Crippen molar-refractivity contribution >= 4 is 67.4 Å². The van der Waals surface area contributed by atoms with Crippen LogP contribution in [0, 0.1) is 0 Å². The van der Waals surface area contributed by atoms with Crippen LogP contribution in [-0.4, -0.2) is 11.3 Å². The van der Waals surface area contributed by atoms with Crippen molar-refractivity contribution in [3.8, 4) is 22.3 Å². The monoisotopic (exact) mass is 708 g/mol. The van der Waals surface area contributed by atoms with Gasteiger partial charge in [0.2, 0.25) is 0 Å². The van der Waals surface area contributed by atoms with Gasteiger partial charge < -0.3 is 9.38 Å². The van der Waals surface area contributed by atoms with Gasteiger partial charge in [-0.3, -0.25) is 0 Å². The van der Waals surface area contributed by atoms with Crippen LogP contribution in [0.5, 0.6) is 0 Å². The second kappa shape index (κ2) is 11.0. The summed E-state index contributed by atoms with van der Waals surface area (Å²) < 4.78 is 2.70. The highest BCUT2D eigenvalue weighted by molar-refractivity contribution is 6.90. The van der Waals surface area contributed by atoms with Gasteiger partial charge in [-0.15, -0.1) is 0 Å². The van der Waals surface area contributed by atoms with Crippen LogP contribution >= 0.6 is 0 Å². The molecule has 0 fully saturated rings. The lowest BCUT2D eigenvalue weighted by atomic mass is 9.43. The lowest BCUT2D eigenvalue weighted by Gasteiger charge is -2.50. The molecular weight excluding hydrogens is 675 g/mol. The first-order chi connectivity index (χ1) is 27.8.